The Morgan fingerprint density at radius 3 is 2.00 bits per heavy atom. The Balaban J connectivity index is 3.07. The molecule has 3 N–H and O–H groups in total. The van der Waals surface area contributed by atoms with Crippen LogP contribution in [0.15, 0.2) is 0 Å². The molecule has 0 saturated carbocycles. The van der Waals surface area contributed by atoms with Crippen molar-refractivity contribution in [1.82, 2.24) is 15.2 Å². The Morgan fingerprint density at radius 1 is 1.15 bits per heavy atom. The van der Waals surface area contributed by atoms with E-state index in [4.69, 9.17) is 5.73 Å². The van der Waals surface area contributed by atoms with E-state index in [1.54, 1.807) is 0 Å². The van der Waals surface area contributed by atoms with Gasteiger partial charge in [-0.1, -0.05) is 0 Å². The van der Waals surface area contributed by atoms with Gasteiger partial charge in [-0.25, -0.2) is 0 Å². The molecular weight excluding hydrogens is 199 g/mol. The summed E-state index contributed by atoms with van der Waals surface area (Å²) in [5.74, 6) is -7.34. The molecule has 9 heteroatoms. The van der Waals surface area contributed by atoms with Crippen molar-refractivity contribution in [2.75, 3.05) is 5.73 Å². The lowest BCUT2D eigenvalue weighted by Crippen LogP contribution is -2.34. The van der Waals surface area contributed by atoms with Gasteiger partial charge in [-0.3, -0.25) is 5.10 Å². The molecule has 0 aromatic carbocycles. The lowest BCUT2D eigenvalue weighted by atomic mass is 10.3. The van der Waals surface area contributed by atoms with Gasteiger partial charge in [-0.05, 0) is 0 Å². The van der Waals surface area contributed by atoms with Crippen molar-refractivity contribution in [1.29, 1.82) is 0 Å². The second-order valence-electron chi connectivity index (χ2n) is 2.11. The molecule has 74 valence electrons. The number of rotatable bonds is 1. The van der Waals surface area contributed by atoms with E-state index in [0.717, 1.165) is 0 Å². The fourth-order valence-corrected chi connectivity index (χ4v) is 0.549. The molecule has 0 amide bonds. The molecule has 0 aliphatic rings. The maximum atomic E-state index is 12.4. The Labute approximate surface area is 67.9 Å². The summed E-state index contributed by atoms with van der Waals surface area (Å²) in [6.45, 7) is 0. The van der Waals surface area contributed by atoms with Gasteiger partial charge in [0, 0.05) is 0 Å². The Bertz CT molecular complexity index is 302. The summed E-state index contributed by atoms with van der Waals surface area (Å²) in [5.41, 5.74) is 4.76. The van der Waals surface area contributed by atoms with Crippen molar-refractivity contribution in [3.8, 4) is 0 Å². The number of alkyl halides is 5. The first-order valence-corrected chi connectivity index (χ1v) is 2.88. The molecule has 0 atom stereocenters. The topological polar surface area (TPSA) is 67.6 Å². The number of nitrogens with one attached hydrogen (secondary N) is 1. The van der Waals surface area contributed by atoms with Crippen LogP contribution in [0.1, 0.15) is 5.82 Å². The summed E-state index contributed by atoms with van der Waals surface area (Å²) in [4.78, 5) is 2.69. The highest BCUT2D eigenvalue weighted by atomic mass is 19.4. The molecule has 0 bridgehead atoms. The van der Waals surface area contributed by atoms with Crippen LogP contribution < -0.4 is 5.73 Å². The zero-order valence-corrected chi connectivity index (χ0v) is 5.86. The number of aromatic amines is 1. The molecule has 0 unspecified atom stereocenters. The Hall–Kier alpha value is -1.41. The number of nitrogens with two attached hydrogens (primary N) is 1. The molecule has 13 heavy (non-hydrogen) atoms. The van der Waals surface area contributed by atoms with Crippen LogP contribution in [-0.2, 0) is 5.92 Å². The highest BCUT2D eigenvalue weighted by Gasteiger charge is 2.61. The highest BCUT2D eigenvalue weighted by molar-refractivity contribution is 5.15. The van der Waals surface area contributed by atoms with Gasteiger partial charge < -0.3 is 5.73 Å². The van der Waals surface area contributed by atoms with Crippen molar-refractivity contribution in [3.05, 3.63) is 5.82 Å². The van der Waals surface area contributed by atoms with Crippen LogP contribution in [-0.4, -0.2) is 21.4 Å². The lowest BCUT2D eigenvalue weighted by Gasteiger charge is -2.15. The highest BCUT2D eigenvalue weighted by Crippen LogP contribution is 2.42. The molecule has 0 saturated heterocycles. The molecule has 1 heterocycles. The van der Waals surface area contributed by atoms with Gasteiger partial charge >= 0.3 is 12.1 Å². The third-order valence-electron chi connectivity index (χ3n) is 1.16. The molecule has 1 aromatic rings. The molecule has 4 nitrogen and oxygen atoms in total. The predicted molar refractivity (Wildman–Crippen MR) is 30.7 cm³/mol. The number of nitrogen functional groups attached to an aromatic ring is 1. The van der Waals surface area contributed by atoms with E-state index < -0.39 is 23.9 Å². The Kier molecular flexibility index (Phi) is 1.89. The third kappa shape index (κ3) is 1.53. The number of H-pyrrole nitrogens is 1. The first-order chi connectivity index (χ1) is 5.75. The number of hydrogen-bond donors (Lipinski definition) is 2. The molecule has 0 aliphatic heterocycles. The minimum absolute atomic E-state index is 0.668. The first kappa shape index (κ1) is 9.68. The summed E-state index contributed by atoms with van der Waals surface area (Å²) in [7, 11) is 0. The second-order valence-corrected chi connectivity index (χ2v) is 2.11. The van der Waals surface area contributed by atoms with Gasteiger partial charge in [0.05, 0.1) is 0 Å². The zero-order chi connectivity index (χ0) is 10.3. The summed E-state index contributed by atoms with van der Waals surface area (Å²) in [6.07, 6.45) is -5.71. The fraction of sp³-hybridized carbons (Fsp3) is 0.500. The maximum absolute atomic E-state index is 12.4. The maximum Gasteiger partial charge on any atom is 0.461 e. The molecule has 0 aliphatic carbocycles. The normalized spacial score (nSPS) is 13.3. The van der Waals surface area contributed by atoms with E-state index in [-0.39, 0.29) is 0 Å². The van der Waals surface area contributed by atoms with Crippen LogP contribution >= 0.6 is 0 Å². The lowest BCUT2D eigenvalue weighted by molar-refractivity contribution is -0.292. The van der Waals surface area contributed by atoms with E-state index in [9.17, 15) is 22.0 Å². The number of aromatic nitrogens is 3. The van der Waals surface area contributed by atoms with Crippen LogP contribution in [0.5, 0.6) is 0 Å². The monoisotopic (exact) mass is 202 g/mol. The van der Waals surface area contributed by atoms with Gasteiger partial charge in [0.15, 0.2) is 0 Å². The molecule has 0 spiro atoms. The van der Waals surface area contributed by atoms with Crippen LogP contribution in [0.2, 0.25) is 0 Å². The van der Waals surface area contributed by atoms with Crippen LogP contribution in [0.3, 0.4) is 0 Å². The molecule has 1 rings (SSSR count). The van der Waals surface area contributed by atoms with Crippen molar-refractivity contribution in [2.45, 2.75) is 12.1 Å². The SMILES string of the molecule is Nc1n[nH]c(C(F)(F)C(F)(F)F)n1. The van der Waals surface area contributed by atoms with Gasteiger partial charge in [-0.2, -0.15) is 26.9 Å². The predicted octanol–water partition coefficient (Wildman–Crippen LogP) is 1.04. The fourth-order valence-electron chi connectivity index (χ4n) is 0.549. The van der Waals surface area contributed by atoms with Crippen LogP contribution in [0, 0.1) is 0 Å². The van der Waals surface area contributed by atoms with Gasteiger partial charge in [0.2, 0.25) is 11.8 Å². The van der Waals surface area contributed by atoms with Crippen molar-refractivity contribution >= 4 is 5.95 Å². The summed E-state index contributed by atoms with van der Waals surface area (Å²) in [5, 5.41) is 4.25. The number of halogens is 5. The number of nitrogens with zero attached hydrogens (tertiary/aromatic N) is 2. The minimum Gasteiger partial charge on any atom is -0.367 e. The number of anilines is 1. The minimum atomic E-state index is -5.71. The van der Waals surface area contributed by atoms with Gasteiger partial charge in [0.25, 0.3) is 0 Å². The van der Waals surface area contributed by atoms with Crippen LogP contribution in [0.4, 0.5) is 27.9 Å². The molecule has 0 fully saturated rings. The second kappa shape index (κ2) is 2.54. The van der Waals surface area contributed by atoms with Crippen molar-refractivity contribution < 1.29 is 22.0 Å². The van der Waals surface area contributed by atoms with Crippen molar-refractivity contribution in [3.63, 3.8) is 0 Å². The Morgan fingerprint density at radius 2 is 1.69 bits per heavy atom. The first-order valence-electron chi connectivity index (χ1n) is 2.88. The summed E-state index contributed by atoms with van der Waals surface area (Å²) >= 11 is 0. The summed E-state index contributed by atoms with van der Waals surface area (Å²) in [6, 6.07) is 0. The standard InChI is InChI=1S/C4H3F5N4/c5-3(6,4(7,8)9)1-11-2(10)13-12-1/h(H3,10,11,12,13). The molecular formula is C4H3F5N4. The largest absolute Gasteiger partial charge is 0.461 e. The van der Waals surface area contributed by atoms with E-state index >= 15 is 0 Å². The average molecular weight is 202 g/mol. The quantitative estimate of drug-likeness (QED) is 0.668. The average Bonchev–Trinajstić information content (AvgIpc) is 2.33. The smallest absolute Gasteiger partial charge is 0.367 e. The van der Waals surface area contributed by atoms with E-state index in [0.29, 0.717) is 0 Å². The zero-order valence-electron chi connectivity index (χ0n) is 5.86. The molecule has 0 radical (unpaired) electrons. The summed E-state index contributed by atoms with van der Waals surface area (Å²) < 4.78 is 59.7. The van der Waals surface area contributed by atoms with E-state index in [2.05, 4.69) is 10.1 Å². The molecule has 1 aromatic heterocycles. The van der Waals surface area contributed by atoms with Gasteiger partial charge in [0.1, 0.15) is 0 Å². The number of hydrogen-bond acceptors (Lipinski definition) is 3. The third-order valence-corrected chi connectivity index (χ3v) is 1.16. The van der Waals surface area contributed by atoms with Crippen LogP contribution in [0.25, 0.3) is 0 Å². The van der Waals surface area contributed by atoms with Crippen molar-refractivity contribution in [2.24, 2.45) is 0 Å². The van der Waals surface area contributed by atoms with Gasteiger partial charge in [-0.15, -0.1) is 5.10 Å². The van der Waals surface area contributed by atoms with E-state index in [1.807, 2.05) is 0 Å². The van der Waals surface area contributed by atoms with E-state index in [1.165, 1.54) is 5.10 Å².